The molecule has 1 heterocycles. The lowest BCUT2D eigenvalue weighted by Crippen LogP contribution is -2.55. The standard InChI is InChI=1S/C10H17N3O4/c1-6(12-10(11)17)8(14)13-5-3-2-4-7(13)9(15)16/h6-7H,2-5H2,1H3,(H,15,16)(H3,11,12,17). The van der Waals surface area contributed by atoms with Gasteiger partial charge in [-0.15, -0.1) is 0 Å². The lowest BCUT2D eigenvalue weighted by molar-refractivity contribution is -0.152. The van der Waals surface area contributed by atoms with Gasteiger partial charge in [0.1, 0.15) is 12.1 Å². The van der Waals surface area contributed by atoms with E-state index in [0.29, 0.717) is 13.0 Å². The molecule has 1 saturated heterocycles. The maximum absolute atomic E-state index is 11.9. The zero-order valence-corrected chi connectivity index (χ0v) is 9.68. The molecular weight excluding hydrogens is 226 g/mol. The van der Waals surface area contributed by atoms with E-state index in [9.17, 15) is 14.4 Å². The van der Waals surface area contributed by atoms with Gasteiger partial charge in [-0.2, -0.15) is 0 Å². The topological polar surface area (TPSA) is 113 Å². The van der Waals surface area contributed by atoms with Crippen LogP contribution >= 0.6 is 0 Å². The Morgan fingerprint density at radius 2 is 2.06 bits per heavy atom. The Labute approximate surface area is 98.9 Å². The SMILES string of the molecule is CC(NC(N)=O)C(=O)N1CCCCC1C(=O)O. The summed E-state index contributed by atoms with van der Waals surface area (Å²) in [5.41, 5.74) is 4.92. The molecule has 1 rings (SSSR count). The summed E-state index contributed by atoms with van der Waals surface area (Å²) >= 11 is 0. The van der Waals surface area contributed by atoms with E-state index in [-0.39, 0.29) is 0 Å². The number of carboxylic acids is 1. The second-order valence-corrected chi connectivity index (χ2v) is 4.11. The smallest absolute Gasteiger partial charge is 0.326 e. The normalized spacial score (nSPS) is 21.7. The first-order chi connectivity index (χ1) is 7.93. The Kier molecular flexibility index (Phi) is 4.30. The van der Waals surface area contributed by atoms with Crippen LogP contribution in [0.5, 0.6) is 0 Å². The van der Waals surface area contributed by atoms with Crippen molar-refractivity contribution in [3.63, 3.8) is 0 Å². The number of nitrogens with one attached hydrogen (secondary N) is 1. The fourth-order valence-corrected chi connectivity index (χ4v) is 1.98. The largest absolute Gasteiger partial charge is 0.480 e. The van der Waals surface area contributed by atoms with Crippen LogP contribution < -0.4 is 11.1 Å². The lowest BCUT2D eigenvalue weighted by Gasteiger charge is -2.34. The van der Waals surface area contributed by atoms with Gasteiger partial charge in [0, 0.05) is 6.54 Å². The Hall–Kier alpha value is -1.79. The number of carbonyl (C=O) groups is 3. The summed E-state index contributed by atoms with van der Waals surface area (Å²) in [5, 5.41) is 11.3. The minimum Gasteiger partial charge on any atom is -0.480 e. The minimum absolute atomic E-state index is 0.403. The molecule has 0 spiro atoms. The average Bonchev–Trinajstić information content (AvgIpc) is 2.27. The molecule has 0 saturated carbocycles. The molecule has 7 heteroatoms. The van der Waals surface area contributed by atoms with Gasteiger partial charge < -0.3 is 21.1 Å². The highest BCUT2D eigenvalue weighted by Crippen LogP contribution is 2.18. The van der Waals surface area contributed by atoms with Crippen LogP contribution in [-0.4, -0.2) is 46.5 Å². The molecule has 1 aliphatic heterocycles. The molecule has 96 valence electrons. The van der Waals surface area contributed by atoms with Crippen molar-refractivity contribution >= 4 is 17.9 Å². The highest BCUT2D eigenvalue weighted by atomic mass is 16.4. The molecule has 0 radical (unpaired) electrons. The number of nitrogens with two attached hydrogens (primary N) is 1. The molecule has 1 aliphatic rings. The summed E-state index contributed by atoms with van der Waals surface area (Å²) in [6, 6.07) is -2.39. The van der Waals surface area contributed by atoms with Gasteiger partial charge in [0.25, 0.3) is 0 Å². The van der Waals surface area contributed by atoms with Crippen molar-refractivity contribution in [3.8, 4) is 0 Å². The summed E-state index contributed by atoms with van der Waals surface area (Å²) < 4.78 is 0. The number of carbonyl (C=O) groups excluding carboxylic acids is 2. The number of hydrogen-bond donors (Lipinski definition) is 3. The fraction of sp³-hybridized carbons (Fsp3) is 0.700. The number of urea groups is 1. The first kappa shape index (κ1) is 13.3. The van der Waals surface area contributed by atoms with E-state index in [1.165, 1.54) is 11.8 Å². The third-order valence-electron chi connectivity index (χ3n) is 2.80. The molecule has 7 nitrogen and oxygen atoms in total. The Morgan fingerprint density at radius 1 is 1.41 bits per heavy atom. The van der Waals surface area contributed by atoms with Gasteiger partial charge in [-0.3, -0.25) is 4.79 Å². The summed E-state index contributed by atoms with van der Waals surface area (Å²) in [7, 11) is 0. The van der Waals surface area contributed by atoms with Gasteiger partial charge >= 0.3 is 12.0 Å². The minimum atomic E-state index is -1.01. The first-order valence-electron chi connectivity index (χ1n) is 5.52. The van der Waals surface area contributed by atoms with Gasteiger partial charge in [-0.1, -0.05) is 0 Å². The second kappa shape index (κ2) is 5.51. The quantitative estimate of drug-likeness (QED) is 0.620. The van der Waals surface area contributed by atoms with E-state index in [1.807, 2.05) is 0 Å². The van der Waals surface area contributed by atoms with Gasteiger partial charge in [-0.05, 0) is 26.2 Å². The van der Waals surface area contributed by atoms with Gasteiger partial charge in [0.2, 0.25) is 5.91 Å². The van der Waals surface area contributed by atoms with Crippen LogP contribution in [0.25, 0.3) is 0 Å². The molecule has 0 aliphatic carbocycles. The van der Waals surface area contributed by atoms with Crippen molar-refractivity contribution in [2.45, 2.75) is 38.3 Å². The fourth-order valence-electron chi connectivity index (χ4n) is 1.98. The molecule has 0 aromatic heterocycles. The third-order valence-corrected chi connectivity index (χ3v) is 2.80. The summed E-state index contributed by atoms with van der Waals surface area (Å²) in [5.74, 6) is -1.42. The van der Waals surface area contributed by atoms with Gasteiger partial charge in [0.05, 0.1) is 0 Å². The molecule has 1 fully saturated rings. The summed E-state index contributed by atoms with van der Waals surface area (Å²) in [6.07, 6.45) is 2.02. The predicted molar refractivity (Wildman–Crippen MR) is 59.2 cm³/mol. The number of aliphatic carboxylic acids is 1. The van der Waals surface area contributed by atoms with E-state index in [0.717, 1.165) is 12.8 Å². The van der Waals surface area contributed by atoms with Crippen molar-refractivity contribution in [1.29, 1.82) is 0 Å². The number of carboxylic acid groups (broad SMARTS) is 1. The van der Waals surface area contributed by atoms with Crippen molar-refractivity contribution in [2.75, 3.05) is 6.54 Å². The summed E-state index contributed by atoms with van der Waals surface area (Å²) in [4.78, 5) is 34.9. The zero-order valence-electron chi connectivity index (χ0n) is 9.68. The van der Waals surface area contributed by atoms with Crippen molar-refractivity contribution in [2.24, 2.45) is 5.73 Å². The highest BCUT2D eigenvalue weighted by molar-refractivity contribution is 5.89. The number of likely N-dealkylation sites (tertiary alicyclic amines) is 1. The predicted octanol–water partition coefficient (Wildman–Crippen LogP) is -0.491. The van der Waals surface area contributed by atoms with E-state index >= 15 is 0 Å². The monoisotopic (exact) mass is 243 g/mol. The van der Waals surface area contributed by atoms with Crippen LogP contribution in [-0.2, 0) is 9.59 Å². The van der Waals surface area contributed by atoms with Crippen molar-refractivity contribution in [3.05, 3.63) is 0 Å². The van der Waals surface area contributed by atoms with E-state index in [2.05, 4.69) is 5.32 Å². The molecule has 0 aromatic carbocycles. The van der Waals surface area contributed by atoms with Crippen LogP contribution in [0.3, 0.4) is 0 Å². The van der Waals surface area contributed by atoms with Crippen LogP contribution in [0.4, 0.5) is 4.79 Å². The van der Waals surface area contributed by atoms with Gasteiger partial charge in [0.15, 0.2) is 0 Å². The lowest BCUT2D eigenvalue weighted by atomic mass is 10.0. The number of piperidine rings is 1. The maximum Gasteiger partial charge on any atom is 0.326 e. The number of hydrogen-bond acceptors (Lipinski definition) is 3. The highest BCUT2D eigenvalue weighted by Gasteiger charge is 2.34. The van der Waals surface area contributed by atoms with Crippen LogP contribution in [0, 0.1) is 0 Å². The van der Waals surface area contributed by atoms with Crippen LogP contribution in [0.2, 0.25) is 0 Å². The Morgan fingerprint density at radius 3 is 2.59 bits per heavy atom. The van der Waals surface area contributed by atoms with Crippen molar-refractivity contribution < 1.29 is 19.5 Å². The van der Waals surface area contributed by atoms with Gasteiger partial charge in [-0.25, -0.2) is 9.59 Å². The van der Waals surface area contributed by atoms with Crippen molar-refractivity contribution in [1.82, 2.24) is 10.2 Å². The van der Waals surface area contributed by atoms with Crippen LogP contribution in [0.1, 0.15) is 26.2 Å². The average molecular weight is 243 g/mol. The molecule has 0 bridgehead atoms. The zero-order chi connectivity index (χ0) is 13.0. The van der Waals surface area contributed by atoms with E-state index < -0.39 is 30.0 Å². The molecule has 3 amide bonds. The van der Waals surface area contributed by atoms with E-state index in [1.54, 1.807) is 0 Å². The third kappa shape index (κ3) is 3.33. The molecule has 2 atom stereocenters. The second-order valence-electron chi connectivity index (χ2n) is 4.11. The molecule has 4 N–H and O–H groups in total. The van der Waals surface area contributed by atoms with E-state index in [4.69, 9.17) is 10.8 Å². The van der Waals surface area contributed by atoms with Crippen LogP contribution in [0.15, 0.2) is 0 Å². The number of primary amides is 1. The first-order valence-corrected chi connectivity index (χ1v) is 5.52. The molecule has 2 unspecified atom stereocenters. The Bertz CT molecular complexity index is 332. The summed E-state index contributed by atoms with van der Waals surface area (Å²) in [6.45, 7) is 1.89. The number of amides is 3. The number of nitrogens with zero attached hydrogens (tertiary/aromatic N) is 1. The maximum atomic E-state index is 11.9. The molecular formula is C10H17N3O4. The molecule has 0 aromatic rings. The Balaban J connectivity index is 2.70. The molecule has 17 heavy (non-hydrogen) atoms. The number of rotatable bonds is 3.